The SMILES string of the molecule is COc1cc2c(Oc3ccc(NC(=O)c4c(C)n(C)c5ccc(OC(F)(F)F)cc5c4=O)cc3F)ncnc2cc1OCCCC(=O)N1CC(C#Cc2ccc3c(c2)CN(C2CCC(=O)NC2=O)C3=O)C1. The number of piperidine rings is 1. The number of hydrogen-bond acceptors (Lipinski definition) is 12. The summed E-state index contributed by atoms with van der Waals surface area (Å²) in [6.45, 7) is 2.86. The third kappa shape index (κ3) is 9.86. The van der Waals surface area contributed by atoms with E-state index in [1.807, 2.05) is 6.07 Å². The van der Waals surface area contributed by atoms with Crippen LogP contribution < -0.4 is 35.0 Å². The van der Waals surface area contributed by atoms with Crippen LogP contribution in [0.15, 0.2) is 77.9 Å². The summed E-state index contributed by atoms with van der Waals surface area (Å²) < 4.78 is 77.0. The molecule has 0 radical (unpaired) electrons. The van der Waals surface area contributed by atoms with E-state index in [0.717, 1.165) is 23.8 Å². The van der Waals surface area contributed by atoms with Crippen molar-refractivity contribution in [2.24, 2.45) is 13.0 Å². The number of aryl methyl sites for hydroxylation is 1. The summed E-state index contributed by atoms with van der Waals surface area (Å²) in [5, 5.41) is 4.92. The summed E-state index contributed by atoms with van der Waals surface area (Å²) in [6.07, 6.45) is -2.72. The molecule has 5 amide bonds. The van der Waals surface area contributed by atoms with Gasteiger partial charge in [-0.2, -0.15) is 0 Å². The van der Waals surface area contributed by atoms with Crippen LogP contribution in [0.3, 0.4) is 0 Å². The lowest BCUT2D eigenvalue weighted by Crippen LogP contribution is -2.52. The van der Waals surface area contributed by atoms with Crippen LogP contribution in [0.2, 0.25) is 0 Å². The van der Waals surface area contributed by atoms with E-state index in [2.05, 4.69) is 37.2 Å². The van der Waals surface area contributed by atoms with Crippen molar-refractivity contribution in [3.05, 3.63) is 117 Å². The summed E-state index contributed by atoms with van der Waals surface area (Å²) in [4.78, 5) is 88.4. The average Bonchev–Trinajstić information content (AvgIpc) is 3.63. The number of halogens is 4. The van der Waals surface area contributed by atoms with E-state index in [9.17, 15) is 41.9 Å². The lowest BCUT2D eigenvalue weighted by Gasteiger charge is -2.36. The number of aromatic nitrogens is 3. The summed E-state index contributed by atoms with van der Waals surface area (Å²) in [5.41, 5.74) is 1.55. The van der Waals surface area contributed by atoms with Crippen LogP contribution >= 0.6 is 0 Å². The van der Waals surface area contributed by atoms with Crippen molar-refractivity contribution in [1.29, 1.82) is 0 Å². The maximum absolute atomic E-state index is 15.6. The van der Waals surface area contributed by atoms with Gasteiger partial charge >= 0.3 is 6.36 Å². The third-order valence-corrected chi connectivity index (χ3v) is 12.4. The molecule has 5 heterocycles. The first-order valence-corrected chi connectivity index (χ1v) is 22.1. The zero-order chi connectivity index (χ0) is 50.3. The van der Waals surface area contributed by atoms with Crippen molar-refractivity contribution in [2.75, 3.05) is 32.1 Å². The first kappa shape index (κ1) is 47.5. The number of likely N-dealkylation sites (tertiary alicyclic amines) is 1. The van der Waals surface area contributed by atoms with Gasteiger partial charge in [0.1, 0.15) is 23.7 Å². The van der Waals surface area contributed by atoms with Crippen LogP contribution in [-0.4, -0.2) is 93.1 Å². The number of nitrogens with zero attached hydrogens (tertiary/aromatic N) is 5. The van der Waals surface area contributed by atoms with Gasteiger partial charge in [0.05, 0.1) is 41.4 Å². The van der Waals surface area contributed by atoms with Crippen LogP contribution in [0.4, 0.5) is 23.2 Å². The van der Waals surface area contributed by atoms with Crippen molar-refractivity contribution < 1.29 is 60.5 Å². The first-order valence-electron chi connectivity index (χ1n) is 22.1. The van der Waals surface area contributed by atoms with Gasteiger partial charge < -0.3 is 38.6 Å². The Balaban J connectivity index is 0.774. The molecule has 2 N–H and O–H groups in total. The van der Waals surface area contributed by atoms with Crippen molar-refractivity contribution in [1.82, 2.24) is 29.7 Å². The molecule has 2 saturated heterocycles. The van der Waals surface area contributed by atoms with Crippen LogP contribution in [-0.2, 0) is 28.0 Å². The maximum atomic E-state index is 15.6. The van der Waals surface area contributed by atoms with Gasteiger partial charge in [0.15, 0.2) is 23.1 Å². The normalized spacial score (nSPS) is 15.7. The Hall–Kier alpha value is -8.54. The van der Waals surface area contributed by atoms with Gasteiger partial charge in [-0.15, -0.1) is 13.2 Å². The Bertz CT molecular complexity index is 3340. The Kier molecular flexibility index (Phi) is 12.8. The minimum atomic E-state index is -5.00. The molecule has 71 heavy (non-hydrogen) atoms. The number of ether oxygens (including phenoxy) is 4. The Morgan fingerprint density at radius 3 is 2.49 bits per heavy atom. The van der Waals surface area contributed by atoms with E-state index < -0.39 is 41.2 Å². The van der Waals surface area contributed by atoms with Gasteiger partial charge in [-0.25, -0.2) is 14.4 Å². The minimum Gasteiger partial charge on any atom is -0.493 e. The van der Waals surface area contributed by atoms with E-state index in [1.54, 1.807) is 29.2 Å². The standard InChI is InChI=1S/C50H41F4N7O10/c1-26-44(45(64)34-19-31(71-50(52,53)54)10-12-37(34)59(26)2)47(66)57-30-9-14-39(35(51)18-30)70-48-33-20-40(68-3)41(21-36(33)55-25-56-48)69-16-4-5-43(63)60-22-28(23-60)7-6-27-8-11-32-29(17-27)24-61(49(32)67)38-13-15-42(62)58-46(38)65/h8-12,14,17-21,25,28,38H,4-5,13,15-16,22-24H2,1-3H3,(H,57,66)(H,58,62,65). The average molecular weight is 976 g/mol. The molecular weight excluding hydrogens is 935 g/mol. The van der Waals surface area contributed by atoms with E-state index in [-0.39, 0.29) is 101 Å². The number of fused-ring (bicyclic) bond motifs is 3. The van der Waals surface area contributed by atoms with Gasteiger partial charge in [0.25, 0.3) is 11.8 Å². The van der Waals surface area contributed by atoms with E-state index in [4.69, 9.17) is 14.2 Å². The number of nitrogens with one attached hydrogen (secondary N) is 2. The molecule has 1 atom stereocenters. The number of carbonyl (C=O) groups is 5. The highest BCUT2D eigenvalue weighted by molar-refractivity contribution is 6.07. The quantitative estimate of drug-likeness (QED) is 0.0600. The van der Waals surface area contributed by atoms with Crippen molar-refractivity contribution in [3.63, 3.8) is 0 Å². The monoisotopic (exact) mass is 975 g/mol. The maximum Gasteiger partial charge on any atom is 0.573 e. The van der Waals surface area contributed by atoms with E-state index in [1.165, 1.54) is 55.1 Å². The van der Waals surface area contributed by atoms with E-state index >= 15 is 4.39 Å². The fraction of sp³-hybridized carbons (Fsp3) is 0.280. The molecule has 364 valence electrons. The molecular formula is C50H41F4N7O10. The molecule has 2 aromatic heterocycles. The predicted octanol–water partition coefficient (Wildman–Crippen LogP) is 6.31. The molecule has 21 heteroatoms. The van der Waals surface area contributed by atoms with Crippen molar-refractivity contribution >= 4 is 57.0 Å². The number of benzene rings is 4. The molecule has 2 fully saturated rings. The largest absolute Gasteiger partial charge is 0.573 e. The smallest absolute Gasteiger partial charge is 0.493 e. The second kappa shape index (κ2) is 19.1. The molecule has 0 spiro atoms. The summed E-state index contributed by atoms with van der Waals surface area (Å²) >= 11 is 0. The number of methoxy groups -OCH3 is 1. The van der Waals surface area contributed by atoms with Crippen LogP contribution in [0, 0.1) is 30.5 Å². The number of anilines is 1. The zero-order valence-electron chi connectivity index (χ0n) is 38.1. The Morgan fingerprint density at radius 1 is 0.944 bits per heavy atom. The second-order valence-corrected chi connectivity index (χ2v) is 17.0. The molecule has 4 aromatic carbocycles. The number of carbonyl (C=O) groups excluding carboxylic acids is 5. The number of amides is 5. The third-order valence-electron chi connectivity index (χ3n) is 12.4. The topological polar surface area (TPSA) is 201 Å². The molecule has 9 rings (SSSR count). The summed E-state index contributed by atoms with van der Waals surface area (Å²) in [6, 6.07) is 14.5. The second-order valence-electron chi connectivity index (χ2n) is 17.0. The predicted molar refractivity (Wildman–Crippen MR) is 245 cm³/mol. The molecule has 0 bridgehead atoms. The molecule has 0 aliphatic carbocycles. The molecule has 6 aromatic rings. The fourth-order valence-corrected chi connectivity index (χ4v) is 8.63. The zero-order valence-corrected chi connectivity index (χ0v) is 38.1. The van der Waals surface area contributed by atoms with Gasteiger partial charge in [-0.1, -0.05) is 11.8 Å². The lowest BCUT2D eigenvalue weighted by molar-refractivity contribution is -0.274. The highest BCUT2D eigenvalue weighted by atomic mass is 19.4. The van der Waals surface area contributed by atoms with E-state index in [0.29, 0.717) is 47.3 Å². The molecule has 1 unspecified atom stereocenters. The van der Waals surface area contributed by atoms with Gasteiger partial charge in [-0.3, -0.25) is 34.1 Å². The molecule has 17 nitrogen and oxygen atoms in total. The van der Waals surface area contributed by atoms with Gasteiger partial charge in [0.2, 0.25) is 29.0 Å². The molecule has 0 saturated carbocycles. The number of alkyl halides is 3. The Labute approximate surface area is 400 Å². The number of imide groups is 1. The highest BCUT2D eigenvalue weighted by Gasteiger charge is 2.39. The Morgan fingerprint density at radius 2 is 1.75 bits per heavy atom. The first-order chi connectivity index (χ1) is 33.9. The van der Waals surface area contributed by atoms with Crippen LogP contribution in [0.25, 0.3) is 21.8 Å². The van der Waals surface area contributed by atoms with Crippen LogP contribution in [0.5, 0.6) is 28.9 Å². The van der Waals surface area contributed by atoms with Crippen LogP contribution in [0.1, 0.15) is 63.2 Å². The van der Waals surface area contributed by atoms with Crippen molar-refractivity contribution in [3.8, 4) is 40.7 Å². The minimum absolute atomic E-state index is 0.0232. The lowest BCUT2D eigenvalue weighted by atomic mass is 9.99. The molecule has 3 aliphatic heterocycles. The fourth-order valence-electron chi connectivity index (χ4n) is 8.63. The molecule has 3 aliphatic rings. The van der Waals surface area contributed by atoms with Gasteiger partial charge in [-0.05, 0) is 79.9 Å². The number of rotatable bonds is 12. The van der Waals surface area contributed by atoms with Crippen molar-refractivity contribution in [2.45, 2.75) is 51.6 Å². The van der Waals surface area contributed by atoms with Gasteiger partial charge in [0, 0.05) is 74.2 Å². The highest BCUT2D eigenvalue weighted by Crippen LogP contribution is 2.37. The summed E-state index contributed by atoms with van der Waals surface area (Å²) in [5.74, 6) is 3.03. The summed E-state index contributed by atoms with van der Waals surface area (Å²) in [7, 11) is 2.96. The number of pyridine rings is 1. The number of hydrogen-bond donors (Lipinski definition) is 2.